The fourth-order valence-corrected chi connectivity index (χ4v) is 3.29. The van der Waals surface area contributed by atoms with Gasteiger partial charge in [0.2, 0.25) is 0 Å². The highest BCUT2D eigenvalue weighted by Gasteiger charge is 2.29. The van der Waals surface area contributed by atoms with Gasteiger partial charge in [0.05, 0.1) is 5.75 Å². The van der Waals surface area contributed by atoms with Crippen LogP contribution in [0.1, 0.15) is 39.5 Å². The Kier molecular flexibility index (Phi) is 4.59. The van der Waals surface area contributed by atoms with E-state index in [1.807, 2.05) is 0 Å². The van der Waals surface area contributed by atoms with Gasteiger partial charge in [0.15, 0.2) is 0 Å². The fourth-order valence-electron chi connectivity index (χ4n) is 2.40. The van der Waals surface area contributed by atoms with Crippen molar-refractivity contribution in [2.45, 2.75) is 45.6 Å². The van der Waals surface area contributed by atoms with Crippen molar-refractivity contribution in [1.29, 1.82) is 0 Å². The molecule has 1 rings (SSSR count). The summed E-state index contributed by atoms with van der Waals surface area (Å²) in [6, 6.07) is 0.331. The predicted octanol–water partition coefficient (Wildman–Crippen LogP) is 1.57. The lowest BCUT2D eigenvalue weighted by atomic mass is 9.92. The second kappa shape index (κ2) is 5.30. The number of rotatable bonds is 5. The molecular formula is C11H23NO2S. The lowest BCUT2D eigenvalue weighted by Gasteiger charge is -2.17. The summed E-state index contributed by atoms with van der Waals surface area (Å²) in [4.78, 5) is 0. The van der Waals surface area contributed by atoms with Gasteiger partial charge in [-0.25, -0.2) is 8.42 Å². The molecule has 0 aromatic rings. The third-order valence-electron chi connectivity index (χ3n) is 3.76. The van der Waals surface area contributed by atoms with Gasteiger partial charge in [0.1, 0.15) is 9.84 Å². The molecule has 0 heterocycles. The molecule has 1 aliphatic rings. The maximum atomic E-state index is 11.3. The Balaban J connectivity index is 2.27. The molecule has 90 valence electrons. The number of nitrogens with two attached hydrogens (primary N) is 1. The van der Waals surface area contributed by atoms with Crippen LogP contribution in [0, 0.1) is 11.8 Å². The van der Waals surface area contributed by atoms with Crippen LogP contribution in [-0.4, -0.2) is 26.0 Å². The highest BCUT2D eigenvalue weighted by atomic mass is 32.2. The van der Waals surface area contributed by atoms with Crippen LogP contribution in [0.5, 0.6) is 0 Å². The van der Waals surface area contributed by atoms with Crippen molar-refractivity contribution >= 4 is 9.84 Å². The zero-order valence-corrected chi connectivity index (χ0v) is 10.6. The molecule has 0 amide bonds. The smallest absolute Gasteiger partial charge is 0.150 e. The van der Waals surface area contributed by atoms with Crippen molar-refractivity contribution in [3.8, 4) is 0 Å². The summed E-state index contributed by atoms with van der Waals surface area (Å²) in [5.74, 6) is 1.83. The van der Waals surface area contributed by atoms with Gasteiger partial charge in [0, 0.05) is 11.8 Å². The molecule has 1 aliphatic carbocycles. The third kappa shape index (κ3) is 3.76. The van der Waals surface area contributed by atoms with Gasteiger partial charge in [0.25, 0.3) is 0 Å². The van der Waals surface area contributed by atoms with Gasteiger partial charge in [-0.2, -0.15) is 0 Å². The van der Waals surface area contributed by atoms with Gasteiger partial charge < -0.3 is 5.73 Å². The SMILES string of the molecule is CCS(=O)(=O)CCCC1CCC(N)C1C. The molecule has 0 radical (unpaired) electrons. The fraction of sp³-hybridized carbons (Fsp3) is 1.00. The lowest BCUT2D eigenvalue weighted by molar-refractivity contribution is 0.367. The summed E-state index contributed by atoms with van der Waals surface area (Å²) in [6.07, 6.45) is 4.10. The first-order valence-corrected chi connectivity index (χ1v) is 7.74. The molecule has 0 aliphatic heterocycles. The highest BCUT2D eigenvalue weighted by molar-refractivity contribution is 7.91. The summed E-state index contributed by atoms with van der Waals surface area (Å²) >= 11 is 0. The minimum atomic E-state index is -2.77. The molecule has 4 heteroatoms. The molecule has 0 bridgehead atoms. The Morgan fingerprint density at radius 1 is 1.33 bits per heavy atom. The topological polar surface area (TPSA) is 60.2 Å². The molecule has 0 saturated heterocycles. The largest absolute Gasteiger partial charge is 0.327 e. The van der Waals surface area contributed by atoms with Crippen LogP contribution in [0.2, 0.25) is 0 Å². The average molecular weight is 233 g/mol. The van der Waals surface area contributed by atoms with Crippen molar-refractivity contribution in [3.63, 3.8) is 0 Å². The Bertz CT molecular complexity index is 287. The van der Waals surface area contributed by atoms with Crippen LogP contribution in [0.3, 0.4) is 0 Å². The van der Waals surface area contributed by atoms with E-state index < -0.39 is 9.84 Å². The summed E-state index contributed by atoms with van der Waals surface area (Å²) in [5, 5.41) is 0. The molecule has 0 aromatic carbocycles. The first-order chi connectivity index (χ1) is 6.96. The zero-order valence-electron chi connectivity index (χ0n) is 9.78. The number of sulfone groups is 1. The third-order valence-corrected chi connectivity index (χ3v) is 5.55. The van der Waals surface area contributed by atoms with Crippen molar-refractivity contribution in [2.75, 3.05) is 11.5 Å². The molecular weight excluding hydrogens is 210 g/mol. The van der Waals surface area contributed by atoms with Crippen molar-refractivity contribution in [3.05, 3.63) is 0 Å². The van der Waals surface area contributed by atoms with E-state index in [1.54, 1.807) is 6.92 Å². The Morgan fingerprint density at radius 3 is 2.47 bits per heavy atom. The van der Waals surface area contributed by atoms with E-state index in [9.17, 15) is 8.42 Å². The predicted molar refractivity (Wildman–Crippen MR) is 63.4 cm³/mol. The Labute approximate surface area is 93.3 Å². The van der Waals surface area contributed by atoms with Gasteiger partial charge in [-0.3, -0.25) is 0 Å². The Hall–Kier alpha value is -0.0900. The van der Waals surface area contributed by atoms with Crippen LogP contribution >= 0.6 is 0 Å². The second-order valence-corrected chi connectivity index (χ2v) is 7.21. The second-order valence-electron chi connectivity index (χ2n) is 4.74. The van der Waals surface area contributed by atoms with Gasteiger partial charge >= 0.3 is 0 Å². The molecule has 2 N–H and O–H groups in total. The van der Waals surface area contributed by atoms with Gasteiger partial charge in [-0.1, -0.05) is 13.8 Å². The lowest BCUT2D eigenvalue weighted by Crippen LogP contribution is -2.25. The minimum absolute atomic E-state index is 0.271. The van der Waals surface area contributed by atoms with E-state index in [-0.39, 0.29) is 5.75 Å². The molecule has 3 nitrogen and oxygen atoms in total. The molecule has 3 atom stereocenters. The van der Waals surface area contributed by atoms with E-state index in [2.05, 4.69) is 6.92 Å². The van der Waals surface area contributed by atoms with E-state index in [0.29, 0.717) is 23.6 Å². The number of hydrogen-bond acceptors (Lipinski definition) is 3. The normalized spacial score (nSPS) is 32.1. The van der Waals surface area contributed by atoms with Gasteiger partial charge in [-0.15, -0.1) is 0 Å². The maximum absolute atomic E-state index is 11.3. The minimum Gasteiger partial charge on any atom is -0.327 e. The van der Waals surface area contributed by atoms with E-state index >= 15 is 0 Å². The quantitative estimate of drug-likeness (QED) is 0.784. The molecule has 1 fully saturated rings. The molecule has 3 unspecified atom stereocenters. The van der Waals surface area contributed by atoms with Crippen molar-refractivity contribution in [2.24, 2.45) is 17.6 Å². The first kappa shape index (κ1) is 13.0. The number of hydrogen-bond donors (Lipinski definition) is 1. The van der Waals surface area contributed by atoms with Crippen molar-refractivity contribution in [1.82, 2.24) is 0 Å². The van der Waals surface area contributed by atoms with Crippen molar-refractivity contribution < 1.29 is 8.42 Å². The average Bonchev–Trinajstić information content (AvgIpc) is 2.49. The van der Waals surface area contributed by atoms with Gasteiger partial charge in [-0.05, 0) is 37.5 Å². The summed E-state index contributed by atoms with van der Waals surface area (Å²) in [6.45, 7) is 3.90. The maximum Gasteiger partial charge on any atom is 0.150 e. The molecule has 0 aromatic heterocycles. The highest BCUT2D eigenvalue weighted by Crippen LogP contribution is 2.33. The molecule has 1 saturated carbocycles. The molecule has 0 spiro atoms. The van der Waals surface area contributed by atoms with Crippen LogP contribution in [-0.2, 0) is 9.84 Å². The summed E-state index contributed by atoms with van der Waals surface area (Å²) < 4.78 is 22.6. The van der Waals surface area contributed by atoms with Crippen LogP contribution < -0.4 is 5.73 Å². The van der Waals surface area contributed by atoms with Crippen LogP contribution in [0.15, 0.2) is 0 Å². The zero-order chi connectivity index (χ0) is 11.5. The van der Waals surface area contributed by atoms with Crippen LogP contribution in [0.25, 0.3) is 0 Å². The standard InChI is InChI=1S/C11H23NO2S/c1-3-15(13,14)8-4-5-10-6-7-11(12)9(10)2/h9-11H,3-8,12H2,1-2H3. The first-order valence-electron chi connectivity index (χ1n) is 5.92. The molecule has 15 heavy (non-hydrogen) atoms. The summed E-state index contributed by atoms with van der Waals surface area (Å²) in [5.41, 5.74) is 5.93. The van der Waals surface area contributed by atoms with E-state index in [0.717, 1.165) is 19.3 Å². The Morgan fingerprint density at radius 2 is 2.00 bits per heavy atom. The van der Waals surface area contributed by atoms with Crippen LogP contribution in [0.4, 0.5) is 0 Å². The van der Waals surface area contributed by atoms with E-state index in [4.69, 9.17) is 5.73 Å². The summed E-state index contributed by atoms with van der Waals surface area (Å²) in [7, 11) is -2.77. The van der Waals surface area contributed by atoms with E-state index in [1.165, 1.54) is 6.42 Å². The monoisotopic (exact) mass is 233 g/mol.